The third-order valence-corrected chi connectivity index (χ3v) is 2.73. The maximum atomic E-state index is 5.67. The monoisotopic (exact) mass is 227 g/mol. The van der Waals surface area contributed by atoms with E-state index in [9.17, 15) is 0 Å². The number of likely N-dealkylation sites (N-methyl/N-ethyl adjacent to an activating group) is 1. The van der Waals surface area contributed by atoms with Gasteiger partial charge in [0.25, 0.3) is 0 Å². The van der Waals surface area contributed by atoms with Crippen LogP contribution in [0.1, 0.15) is 5.56 Å². The van der Waals surface area contributed by atoms with Crippen LogP contribution in [0.25, 0.3) is 0 Å². The van der Waals surface area contributed by atoms with Gasteiger partial charge in [-0.2, -0.15) is 0 Å². The summed E-state index contributed by atoms with van der Waals surface area (Å²) < 4.78 is 0. The highest BCUT2D eigenvalue weighted by molar-refractivity contribution is 5.44. The van der Waals surface area contributed by atoms with Crippen molar-refractivity contribution >= 4 is 11.6 Å². The Labute approximate surface area is 102 Å². The van der Waals surface area contributed by atoms with E-state index in [1.807, 2.05) is 25.2 Å². The van der Waals surface area contributed by atoms with Crippen LogP contribution in [0, 0.1) is 0 Å². The molecule has 2 rings (SSSR count). The van der Waals surface area contributed by atoms with E-state index < -0.39 is 0 Å². The van der Waals surface area contributed by atoms with Gasteiger partial charge in [-0.15, -0.1) is 0 Å². The van der Waals surface area contributed by atoms with Crippen LogP contribution in [0.4, 0.5) is 11.6 Å². The van der Waals surface area contributed by atoms with E-state index in [1.165, 1.54) is 5.56 Å². The zero-order valence-electron chi connectivity index (χ0n) is 10.0. The minimum atomic E-state index is 0.564. The fourth-order valence-corrected chi connectivity index (χ4v) is 1.71. The van der Waals surface area contributed by atoms with Gasteiger partial charge in [-0.25, -0.2) is 4.98 Å². The Bertz CT molecular complexity index is 468. The highest BCUT2D eigenvalue weighted by atomic mass is 15.2. The number of hydrogen-bond acceptors (Lipinski definition) is 3. The molecule has 17 heavy (non-hydrogen) atoms. The molecule has 1 aromatic carbocycles. The van der Waals surface area contributed by atoms with E-state index >= 15 is 0 Å². The number of rotatable bonds is 4. The maximum Gasteiger partial charge on any atom is 0.130 e. The van der Waals surface area contributed by atoms with E-state index in [0.29, 0.717) is 5.82 Å². The van der Waals surface area contributed by atoms with Crippen molar-refractivity contribution in [2.45, 2.75) is 6.42 Å². The molecule has 0 saturated carbocycles. The number of hydrogen-bond donors (Lipinski definition) is 1. The van der Waals surface area contributed by atoms with Gasteiger partial charge in [-0.3, -0.25) is 0 Å². The molecular formula is C14H17N3. The molecule has 0 bridgehead atoms. The highest BCUT2D eigenvalue weighted by Gasteiger charge is 2.02. The summed E-state index contributed by atoms with van der Waals surface area (Å²) in [6, 6.07) is 16.1. The molecule has 0 saturated heterocycles. The van der Waals surface area contributed by atoms with Gasteiger partial charge in [-0.1, -0.05) is 36.4 Å². The van der Waals surface area contributed by atoms with Crippen LogP contribution in [0.15, 0.2) is 48.5 Å². The van der Waals surface area contributed by atoms with Crippen molar-refractivity contribution in [2.75, 3.05) is 24.2 Å². The summed E-state index contributed by atoms with van der Waals surface area (Å²) in [6.45, 7) is 0.931. The van der Waals surface area contributed by atoms with Gasteiger partial charge in [0.15, 0.2) is 0 Å². The molecule has 2 aromatic rings. The molecule has 0 amide bonds. The fraction of sp³-hybridized carbons (Fsp3) is 0.214. The standard InChI is InChI=1S/C14H17N3/c1-17(14-9-5-8-13(15)16-14)11-10-12-6-3-2-4-7-12/h2-9H,10-11H2,1H3,(H2,15,16). The molecule has 1 heterocycles. The van der Waals surface area contributed by atoms with E-state index in [2.05, 4.69) is 34.1 Å². The highest BCUT2D eigenvalue weighted by Crippen LogP contribution is 2.11. The predicted octanol–water partition coefficient (Wildman–Crippen LogP) is 2.34. The van der Waals surface area contributed by atoms with Crippen molar-refractivity contribution in [1.29, 1.82) is 0 Å². The Kier molecular flexibility index (Phi) is 3.60. The second kappa shape index (κ2) is 5.34. The number of nitrogens with two attached hydrogens (primary N) is 1. The SMILES string of the molecule is CN(CCc1ccccc1)c1cccc(N)n1. The number of aromatic nitrogens is 1. The fourth-order valence-electron chi connectivity index (χ4n) is 1.71. The smallest absolute Gasteiger partial charge is 0.130 e. The van der Waals surface area contributed by atoms with E-state index in [0.717, 1.165) is 18.8 Å². The van der Waals surface area contributed by atoms with Gasteiger partial charge in [0, 0.05) is 13.6 Å². The van der Waals surface area contributed by atoms with Gasteiger partial charge in [0.2, 0.25) is 0 Å². The van der Waals surface area contributed by atoms with Crippen molar-refractivity contribution in [3.8, 4) is 0 Å². The Hall–Kier alpha value is -2.03. The molecule has 2 N–H and O–H groups in total. The molecule has 0 fully saturated rings. The molecule has 1 aromatic heterocycles. The van der Waals surface area contributed by atoms with Crippen molar-refractivity contribution in [2.24, 2.45) is 0 Å². The van der Waals surface area contributed by atoms with Crippen molar-refractivity contribution in [3.63, 3.8) is 0 Å². The topological polar surface area (TPSA) is 42.1 Å². The normalized spacial score (nSPS) is 10.2. The van der Waals surface area contributed by atoms with Crippen molar-refractivity contribution < 1.29 is 0 Å². The molecule has 0 aliphatic heterocycles. The Morgan fingerprint density at radius 3 is 2.53 bits per heavy atom. The van der Waals surface area contributed by atoms with Crippen LogP contribution in [-0.2, 0) is 6.42 Å². The quantitative estimate of drug-likeness (QED) is 0.871. The maximum absolute atomic E-state index is 5.67. The molecule has 0 unspecified atom stereocenters. The third kappa shape index (κ3) is 3.21. The molecule has 3 nitrogen and oxygen atoms in total. The first-order valence-electron chi connectivity index (χ1n) is 5.73. The van der Waals surface area contributed by atoms with Crippen LogP contribution >= 0.6 is 0 Å². The number of anilines is 2. The summed E-state index contributed by atoms with van der Waals surface area (Å²) in [5.41, 5.74) is 7.00. The summed E-state index contributed by atoms with van der Waals surface area (Å²) in [5.74, 6) is 1.48. The minimum Gasteiger partial charge on any atom is -0.384 e. The lowest BCUT2D eigenvalue weighted by atomic mass is 10.1. The van der Waals surface area contributed by atoms with Crippen molar-refractivity contribution in [1.82, 2.24) is 4.98 Å². The van der Waals surface area contributed by atoms with Gasteiger partial charge >= 0.3 is 0 Å². The van der Waals surface area contributed by atoms with Gasteiger partial charge in [-0.05, 0) is 24.1 Å². The summed E-state index contributed by atoms with van der Waals surface area (Å²) >= 11 is 0. The summed E-state index contributed by atoms with van der Waals surface area (Å²) in [7, 11) is 2.03. The lowest BCUT2D eigenvalue weighted by Crippen LogP contribution is -2.21. The molecule has 0 atom stereocenters. The Morgan fingerprint density at radius 2 is 1.82 bits per heavy atom. The predicted molar refractivity (Wildman–Crippen MR) is 72.1 cm³/mol. The van der Waals surface area contributed by atoms with E-state index in [-0.39, 0.29) is 0 Å². The molecule has 0 radical (unpaired) electrons. The second-order valence-electron chi connectivity index (χ2n) is 4.08. The summed E-state index contributed by atoms with van der Waals surface area (Å²) in [6.07, 6.45) is 1.01. The van der Waals surface area contributed by atoms with Crippen LogP contribution in [0.3, 0.4) is 0 Å². The molecule has 0 aliphatic carbocycles. The lowest BCUT2D eigenvalue weighted by molar-refractivity contribution is 0.861. The first-order valence-corrected chi connectivity index (χ1v) is 5.73. The van der Waals surface area contributed by atoms with E-state index in [1.54, 1.807) is 6.07 Å². The lowest BCUT2D eigenvalue weighted by Gasteiger charge is -2.18. The molecular weight excluding hydrogens is 210 g/mol. The van der Waals surface area contributed by atoms with Crippen molar-refractivity contribution in [3.05, 3.63) is 54.1 Å². The zero-order valence-corrected chi connectivity index (χ0v) is 10.0. The van der Waals surface area contributed by atoms with E-state index in [4.69, 9.17) is 5.73 Å². The second-order valence-corrected chi connectivity index (χ2v) is 4.08. The molecule has 88 valence electrons. The van der Waals surface area contributed by atoms with Gasteiger partial charge in [0.05, 0.1) is 0 Å². The Morgan fingerprint density at radius 1 is 1.06 bits per heavy atom. The first-order chi connectivity index (χ1) is 8.25. The number of pyridine rings is 1. The van der Waals surface area contributed by atoms with Crippen LogP contribution < -0.4 is 10.6 Å². The first kappa shape index (κ1) is 11.5. The average Bonchev–Trinajstić information content (AvgIpc) is 2.37. The van der Waals surface area contributed by atoms with Crippen LogP contribution in [-0.4, -0.2) is 18.6 Å². The van der Waals surface area contributed by atoms with Gasteiger partial charge < -0.3 is 10.6 Å². The molecule has 0 spiro atoms. The number of benzene rings is 1. The molecule has 3 heteroatoms. The average molecular weight is 227 g/mol. The number of nitrogen functional groups attached to an aromatic ring is 1. The largest absolute Gasteiger partial charge is 0.384 e. The molecule has 0 aliphatic rings. The van der Waals surface area contributed by atoms with Gasteiger partial charge in [0.1, 0.15) is 11.6 Å². The Balaban J connectivity index is 1.96. The number of nitrogens with zero attached hydrogens (tertiary/aromatic N) is 2. The van der Waals surface area contributed by atoms with Crippen LogP contribution in [0.5, 0.6) is 0 Å². The summed E-state index contributed by atoms with van der Waals surface area (Å²) in [5, 5.41) is 0. The van der Waals surface area contributed by atoms with Crippen LogP contribution in [0.2, 0.25) is 0 Å². The third-order valence-electron chi connectivity index (χ3n) is 2.73. The minimum absolute atomic E-state index is 0.564. The summed E-state index contributed by atoms with van der Waals surface area (Å²) in [4.78, 5) is 6.40. The zero-order chi connectivity index (χ0) is 12.1.